The molecule has 2 N–H and O–H groups in total. The Morgan fingerprint density at radius 2 is 2.10 bits per heavy atom. The van der Waals surface area contributed by atoms with Gasteiger partial charge in [-0.15, -0.1) is 0 Å². The smallest absolute Gasteiger partial charge is 0.329 e. The zero-order chi connectivity index (χ0) is 20.8. The first-order valence-corrected chi connectivity index (χ1v) is 10.00. The van der Waals surface area contributed by atoms with Gasteiger partial charge in [-0.25, -0.2) is 4.79 Å². The van der Waals surface area contributed by atoms with Crippen LogP contribution in [0.1, 0.15) is 38.4 Å². The molecule has 3 aliphatic rings. The number of hydrogen-bond acceptors (Lipinski definition) is 6. The minimum Gasteiger partial charge on any atom is -0.504 e. The molecule has 29 heavy (non-hydrogen) atoms. The number of para-hydroxylation sites is 1. The van der Waals surface area contributed by atoms with Crippen molar-refractivity contribution in [3.63, 3.8) is 0 Å². The lowest BCUT2D eigenvalue weighted by Gasteiger charge is -2.53. The maximum Gasteiger partial charge on any atom is 0.329 e. The van der Waals surface area contributed by atoms with Crippen molar-refractivity contribution in [2.24, 2.45) is 11.8 Å². The number of nitrogens with zero attached hydrogens (tertiary/aromatic N) is 1. The molecular weight excluding hydrogens is 378 g/mol. The average molecular weight is 405 g/mol. The Hall–Kier alpha value is -2.32. The number of piperidine rings is 1. The Balaban J connectivity index is 1.47. The predicted octanol–water partition coefficient (Wildman–Crippen LogP) is 1.96. The molecule has 3 heterocycles. The highest BCUT2D eigenvalue weighted by Gasteiger charge is 2.52. The molecule has 1 amide bonds. The summed E-state index contributed by atoms with van der Waals surface area (Å²) in [6.07, 6.45) is 1.44. The van der Waals surface area contributed by atoms with Gasteiger partial charge in [0.1, 0.15) is 18.8 Å². The first-order chi connectivity index (χ1) is 13.8. The third-order valence-electron chi connectivity index (χ3n) is 6.30. The van der Waals surface area contributed by atoms with Gasteiger partial charge in [0.15, 0.2) is 11.5 Å². The number of aliphatic carboxylic acids is 1. The van der Waals surface area contributed by atoms with E-state index in [2.05, 4.69) is 0 Å². The molecule has 2 saturated heterocycles. The Morgan fingerprint density at radius 1 is 1.31 bits per heavy atom. The normalized spacial score (nSPS) is 29.8. The number of hydrogen-bond donors (Lipinski definition) is 2. The van der Waals surface area contributed by atoms with Gasteiger partial charge >= 0.3 is 5.97 Å². The van der Waals surface area contributed by atoms with Gasteiger partial charge in [-0.3, -0.25) is 4.79 Å². The largest absolute Gasteiger partial charge is 0.504 e. The molecule has 4 atom stereocenters. The molecule has 0 aliphatic carbocycles. The van der Waals surface area contributed by atoms with E-state index in [4.69, 9.17) is 19.3 Å². The number of carbonyl (C=O) groups excluding carboxylic acids is 1. The summed E-state index contributed by atoms with van der Waals surface area (Å²) in [6.45, 7) is 4.44. The number of benzene rings is 1. The number of carboxylic acids is 1. The second-order valence-electron chi connectivity index (χ2n) is 8.61. The van der Waals surface area contributed by atoms with Crippen molar-refractivity contribution < 1.29 is 34.0 Å². The quantitative estimate of drug-likeness (QED) is 0.789. The first kappa shape index (κ1) is 20.0. The number of phenols is 1. The van der Waals surface area contributed by atoms with E-state index in [1.807, 2.05) is 19.9 Å². The molecule has 0 saturated carbocycles. The van der Waals surface area contributed by atoms with Crippen molar-refractivity contribution in [2.75, 3.05) is 26.3 Å². The first-order valence-electron chi connectivity index (χ1n) is 10.00. The van der Waals surface area contributed by atoms with Gasteiger partial charge in [-0.05, 0) is 32.8 Å². The molecular formula is C21H27NO7. The van der Waals surface area contributed by atoms with Crippen LogP contribution in [-0.4, -0.2) is 65.0 Å². The minimum absolute atomic E-state index is 0.0318. The maximum atomic E-state index is 12.4. The number of aromatic hydroxyl groups is 1. The summed E-state index contributed by atoms with van der Waals surface area (Å²) >= 11 is 0. The van der Waals surface area contributed by atoms with E-state index in [1.165, 1.54) is 0 Å². The van der Waals surface area contributed by atoms with Gasteiger partial charge < -0.3 is 29.3 Å². The van der Waals surface area contributed by atoms with Crippen molar-refractivity contribution in [1.29, 1.82) is 0 Å². The standard InChI is InChI=1S/C21H27NO7/c1-21(2)14-8-12-9-22(17(24)10-27-11-18(25)26)7-6-16(12)28-19(14)13-4-3-5-15(23)20(13)29-21/h3-5,12,14,16,19,23H,6-11H2,1-2H3,(H,25,26)/t12-,14-,16-,19+/m0/s1. The number of fused-ring (bicyclic) bond motifs is 4. The Kier molecular flexibility index (Phi) is 5.16. The number of phenolic OH excluding ortho intramolecular Hbond substituents is 1. The second-order valence-corrected chi connectivity index (χ2v) is 8.61. The Morgan fingerprint density at radius 3 is 2.86 bits per heavy atom. The van der Waals surface area contributed by atoms with Crippen LogP contribution in [0.25, 0.3) is 0 Å². The number of likely N-dealkylation sites (tertiary alicyclic amines) is 1. The van der Waals surface area contributed by atoms with Crippen LogP contribution >= 0.6 is 0 Å². The van der Waals surface area contributed by atoms with Gasteiger partial charge in [-0.1, -0.05) is 12.1 Å². The van der Waals surface area contributed by atoms with Crippen LogP contribution in [0.5, 0.6) is 11.5 Å². The van der Waals surface area contributed by atoms with Crippen molar-refractivity contribution in [1.82, 2.24) is 4.90 Å². The van der Waals surface area contributed by atoms with E-state index in [-0.39, 0.29) is 42.3 Å². The number of ether oxygens (including phenoxy) is 3. The molecule has 8 heteroatoms. The highest BCUT2D eigenvalue weighted by atomic mass is 16.5. The van der Waals surface area contributed by atoms with Crippen molar-refractivity contribution in [3.05, 3.63) is 23.8 Å². The van der Waals surface area contributed by atoms with Crippen molar-refractivity contribution in [2.45, 2.75) is 44.5 Å². The summed E-state index contributed by atoms with van der Waals surface area (Å²) in [5, 5.41) is 18.9. The number of rotatable bonds is 4. The summed E-state index contributed by atoms with van der Waals surface area (Å²) < 4.78 is 17.6. The third kappa shape index (κ3) is 3.79. The summed E-state index contributed by atoms with van der Waals surface area (Å²) in [5.41, 5.74) is 0.367. The molecule has 1 aromatic carbocycles. The van der Waals surface area contributed by atoms with Crippen LogP contribution in [0.3, 0.4) is 0 Å². The molecule has 3 aliphatic heterocycles. The summed E-state index contributed by atoms with van der Waals surface area (Å²) in [4.78, 5) is 24.7. The fourth-order valence-electron chi connectivity index (χ4n) is 4.85. The van der Waals surface area contributed by atoms with Crippen LogP contribution in [0.2, 0.25) is 0 Å². The molecule has 2 fully saturated rings. The molecule has 0 bridgehead atoms. The monoisotopic (exact) mass is 405 g/mol. The average Bonchev–Trinajstić information content (AvgIpc) is 2.67. The van der Waals surface area contributed by atoms with E-state index >= 15 is 0 Å². The van der Waals surface area contributed by atoms with E-state index in [0.717, 1.165) is 12.0 Å². The SMILES string of the molecule is CC1(C)Oc2c(O)cccc2[C@H]2O[C@H]3CCN(C(=O)COCC(=O)O)C[C@@H]3C[C@@H]21. The highest BCUT2D eigenvalue weighted by molar-refractivity contribution is 5.78. The van der Waals surface area contributed by atoms with Crippen molar-refractivity contribution >= 4 is 11.9 Å². The van der Waals surface area contributed by atoms with Gasteiger partial charge in [0.05, 0.1) is 12.2 Å². The van der Waals surface area contributed by atoms with Crippen LogP contribution < -0.4 is 4.74 Å². The molecule has 0 radical (unpaired) electrons. The number of carbonyl (C=O) groups is 2. The van der Waals surface area contributed by atoms with Gasteiger partial charge in [0.2, 0.25) is 5.91 Å². The van der Waals surface area contributed by atoms with E-state index < -0.39 is 18.2 Å². The van der Waals surface area contributed by atoms with Crippen molar-refractivity contribution in [3.8, 4) is 11.5 Å². The summed E-state index contributed by atoms with van der Waals surface area (Å²) in [7, 11) is 0. The molecule has 8 nitrogen and oxygen atoms in total. The molecule has 4 rings (SSSR count). The maximum absolute atomic E-state index is 12.4. The number of amides is 1. The summed E-state index contributed by atoms with van der Waals surface area (Å²) in [6, 6.07) is 5.37. The van der Waals surface area contributed by atoms with E-state index in [9.17, 15) is 14.7 Å². The van der Waals surface area contributed by atoms with Gasteiger partial charge in [0, 0.05) is 30.5 Å². The topological polar surface area (TPSA) is 106 Å². The highest BCUT2D eigenvalue weighted by Crippen LogP contribution is 2.54. The minimum atomic E-state index is -1.09. The zero-order valence-electron chi connectivity index (χ0n) is 16.7. The second kappa shape index (κ2) is 7.50. The predicted molar refractivity (Wildman–Crippen MR) is 102 cm³/mol. The molecule has 0 aromatic heterocycles. The van der Waals surface area contributed by atoms with Crippen LogP contribution in [0.4, 0.5) is 0 Å². The fourth-order valence-corrected chi connectivity index (χ4v) is 4.85. The number of carboxylic acid groups (broad SMARTS) is 1. The van der Waals surface area contributed by atoms with E-state index in [1.54, 1.807) is 17.0 Å². The molecule has 158 valence electrons. The van der Waals surface area contributed by atoms with E-state index in [0.29, 0.717) is 25.3 Å². The third-order valence-corrected chi connectivity index (χ3v) is 6.30. The lowest BCUT2D eigenvalue weighted by Crippen LogP contribution is -2.56. The van der Waals surface area contributed by atoms with Gasteiger partial charge in [-0.2, -0.15) is 0 Å². The Labute approximate surface area is 169 Å². The van der Waals surface area contributed by atoms with Crippen LogP contribution in [0, 0.1) is 11.8 Å². The molecule has 1 aromatic rings. The zero-order valence-corrected chi connectivity index (χ0v) is 16.7. The Bertz CT molecular complexity index is 808. The lowest BCUT2D eigenvalue weighted by atomic mass is 9.70. The lowest BCUT2D eigenvalue weighted by molar-refractivity contribution is -0.189. The van der Waals surface area contributed by atoms with Crippen LogP contribution in [-0.2, 0) is 19.1 Å². The fraction of sp³-hybridized carbons (Fsp3) is 0.619. The molecule has 0 unspecified atom stereocenters. The summed E-state index contributed by atoms with van der Waals surface area (Å²) in [5.74, 6) is -0.385. The van der Waals surface area contributed by atoms with Gasteiger partial charge in [0.25, 0.3) is 0 Å². The van der Waals surface area contributed by atoms with Crippen LogP contribution in [0.15, 0.2) is 18.2 Å². The molecule has 0 spiro atoms.